The Bertz CT molecular complexity index is 333. The molecule has 0 aliphatic heterocycles. The van der Waals surface area contributed by atoms with Crippen LogP contribution in [0.1, 0.15) is 36.9 Å². The van der Waals surface area contributed by atoms with E-state index in [1.807, 2.05) is 18.4 Å². The Morgan fingerprint density at radius 1 is 1.35 bits per heavy atom. The molecule has 0 fully saturated rings. The van der Waals surface area contributed by atoms with Crippen molar-refractivity contribution in [2.45, 2.75) is 51.7 Å². The summed E-state index contributed by atoms with van der Waals surface area (Å²) in [5.74, 6) is 0. The Morgan fingerprint density at radius 3 is 2.47 bits per heavy atom. The summed E-state index contributed by atoms with van der Waals surface area (Å²) in [5, 5.41) is 3.39. The maximum atomic E-state index is 5.50. The molecule has 98 valence electrons. The van der Waals surface area contributed by atoms with Gasteiger partial charge in [0, 0.05) is 22.9 Å². The van der Waals surface area contributed by atoms with Crippen molar-refractivity contribution in [2.24, 2.45) is 0 Å². The smallest absolute Gasteiger partial charge is 0.0637 e. The average Bonchev–Trinajstić information content (AvgIpc) is 2.75. The lowest BCUT2D eigenvalue weighted by atomic mass is 9.96. The number of nitrogens with one attached hydrogen (secondary N) is 1. The summed E-state index contributed by atoms with van der Waals surface area (Å²) in [5.41, 5.74) is -0.0570. The first-order chi connectivity index (χ1) is 8.00. The monoisotopic (exact) mass is 255 g/mol. The van der Waals surface area contributed by atoms with Crippen LogP contribution in [0, 0.1) is 0 Å². The van der Waals surface area contributed by atoms with Crippen LogP contribution in [0.4, 0.5) is 0 Å². The zero-order chi connectivity index (χ0) is 12.9. The Balaban J connectivity index is 2.57. The highest BCUT2D eigenvalue weighted by atomic mass is 32.1. The minimum absolute atomic E-state index is 0.0570. The maximum Gasteiger partial charge on any atom is 0.0637 e. The minimum Gasteiger partial charge on any atom is -0.379 e. The van der Waals surface area contributed by atoms with Crippen LogP contribution < -0.4 is 5.32 Å². The molecule has 17 heavy (non-hydrogen) atoms. The molecule has 1 N–H and O–H groups in total. The summed E-state index contributed by atoms with van der Waals surface area (Å²) in [4.78, 5) is 2.94. The molecule has 0 saturated carbocycles. The van der Waals surface area contributed by atoms with E-state index in [0.29, 0.717) is 6.04 Å². The third-order valence-corrected chi connectivity index (χ3v) is 4.46. The number of ether oxygens (including phenoxy) is 1. The van der Waals surface area contributed by atoms with Crippen molar-refractivity contribution in [3.63, 3.8) is 0 Å². The van der Waals surface area contributed by atoms with E-state index in [2.05, 4.69) is 38.2 Å². The molecule has 0 aliphatic carbocycles. The number of likely N-dealkylation sites (N-methyl/N-ethyl adjacent to an activating group) is 1. The molecule has 2 nitrogen and oxygen atoms in total. The van der Waals surface area contributed by atoms with Gasteiger partial charge in [-0.15, -0.1) is 11.3 Å². The second-order valence-electron chi connectivity index (χ2n) is 5.08. The maximum absolute atomic E-state index is 5.50. The highest BCUT2D eigenvalue weighted by Gasteiger charge is 2.22. The molecule has 1 heterocycles. The third-order valence-electron chi connectivity index (χ3n) is 3.21. The lowest BCUT2D eigenvalue weighted by Crippen LogP contribution is -2.37. The quantitative estimate of drug-likeness (QED) is 0.807. The van der Waals surface area contributed by atoms with Crippen LogP contribution in [0.2, 0.25) is 0 Å². The van der Waals surface area contributed by atoms with Gasteiger partial charge in [0.2, 0.25) is 0 Å². The predicted molar refractivity (Wildman–Crippen MR) is 76.0 cm³/mol. The molecular formula is C14H25NOS. The van der Waals surface area contributed by atoms with Gasteiger partial charge in [-0.1, -0.05) is 6.92 Å². The van der Waals surface area contributed by atoms with Gasteiger partial charge in [-0.25, -0.2) is 0 Å². The van der Waals surface area contributed by atoms with Crippen LogP contribution in [-0.2, 0) is 17.6 Å². The molecule has 0 bridgehead atoms. The topological polar surface area (TPSA) is 21.3 Å². The summed E-state index contributed by atoms with van der Waals surface area (Å²) in [7, 11) is 3.82. The molecule has 0 aromatic carbocycles. The first-order valence-electron chi connectivity index (χ1n) is 6.30. The number of rotatable bonds is 7. The summed E-state index contributed by atoms with van der Waals surface area (Å²) in [6.07, 6.45) is 3.26. The summed E-state index contributed by atoms with van der Waals surface area (Å²) in [6, 6.07) is 4.98. The summed E-state index contributed by atoms with van der Waals surface area (Å²) >= 11 is 1.93. The molecule has 1 atom stereocenters. The van der Waals surface area contributed by atoms with Crippen LogP contribution >= 0.6 is 11.3 Å². The highest BCUT2D eigenvalue weighted by molar-refractivity contribution is 7.11. The van der Waals surface area contributed by atoms with Crippen molar-refractivity contribution >= 4 is 11.3 Å². The zero-order valence-corrected chi connectivity index (χ0v) is 12.5. The van der Waals surface area contributed by atoms with Gasteiger partial charge in [-0.05, 0) is 52.3 Å². The van der Waals surface area contributed by atoms with Crippen LogP contribution in [0.3, 0.4) is 0 Å². The first kappa shape index (κ1) is 14.7. The zero-order valence-electron chi connectivity index (χ0n) is 11.7. The standard InChI is InChI=1S/C14H25NOS/c1-6-12-7-8-13(17-12)9-11(15-4)10-14(2,3)16-5/h7-8,11,15H,6,9-10H2,1-5H3. The number of aryl methyl sites for hydroxylation is 1. The van der Waals surface area contributed by atoms with Crippen LogP contribution in [-0.4, -0.2) is 25.8 Å². The van der Waals surface area contributed by atoms with E-state index in [1.165, 1.54) is 9.75 Å². The van der Waals surface area contributed by atoms with E-state index in [0.717, 1.165) is 19.3 Å². The highest BCUT2D eigenvalue weighted by Crippen LogP contribution is 2.22. The van der Waals surface area contributed by atoms with E-state index < -0.39 is 0 Å². The first-order valence-corrected chi connectivity index (χ1v) is 7.12. The molecule has 1 unspecified atom stereocenters. The Labute approximate surface area is 109 Å². The Morgan fingerprint density at radius 2 is 2.00 bits per heavy atom. The molecule has 1 aromatic rings. The average molecular weight is 255 g/mol. The SMILES string of the molecule is CCc1ccc(CC(CC(C)(C)OC)NC)s1. The van der Waals surface area contributed by atoms with Gasteiger partial charge in [0.1, 0.15) is 0 Å². The Hall–Kier alpha value is -0.380. The molecule has 0 aliphatic rings. The lowest BCUT2D eigenvalue weighted by Gasteiger charge is -2.28. The fourth-order valence-electron chi connectivity index (χ4n) is 1.92. The summed E-state index contributed by atoms with van der Waals surface area (Å²) < 4.78 is 5.50. The van der Waals surface area contributed by atoms with E-state index in [4.69, 9.17) is 4.74 Å². The largest absolute Gasteiger partial charge is 0.379 e. The van der Waals surface area contributed by atoms with Crippen LogP contribution in [0.5, 0.6) is 0 Å². The van der Waals surface area contributed by atoms with Crippen molar-refractivity contribution < 1.29 is 4.74 Å². The molecular weight excluding hydrogens is 230 g/mol. The van der Waals surface area contributed by atoms with Crippen LogP contribution in [0.25, 0.3) is 0 Å². The fourth-order valence-corrected chi connectivity index (χ4v) is 2.96. The fraction of sp³-hybridized carbons (Fsp3) is 0.714. The molecule has 0 spiro atoms. The molecule has 0 amide bonds. The van der Waals surface area contributed by atoms with Gasteiger partial charge >= 0.3 is 0 Å². The number of hydrogen-bond donors (Lipinski definition) is 1. The van der Waals surface area contributed by atoms with Gasteiger partial charge in [-0.3, -0.25) is 0 Å². The number of methoxy groups -OCH3 is 1. The lowest BCUT2D eigenvalue weighted by molar-refractivity contribution is 0.00778. The van der Waals surface area contributed by atoms with E-state index >= 15 is 0 Å². The van der Waals surface area contributed by atoms with Gasteiger partial charge < -0.3 is 10.1 Å². The van der Waals surface area contributed by atoms with Gasteiger partial charge in [0.25, 0.3) is 0 Å². The number of hydrogen-bond acceptors (Lipinski definition) is 3. The minimum atomic E-state index is -0.0570. The van der Waals surface area contributed by atoms with E-state index in [9.17, 15) is 0 Å². The van der Waals surface area contributed by atoms with Crippen molar-refractivity contribution in [2.75, 3.05) is 14.2 Å². The third kappa shape index (κ3) is 4.78. The van der Waals surface area contributed by atoms with Gasteiger partial charge in [0.05, 0.1) is 5.60 Å². The van der Waals surface area contributed by atoms with Gasteiger partial charge in [-0.2, -0.15) is 0 Å². The van der Waals surface area contributed by atoms with Crippen molar-refractivity contribution in [3.8, 4) is 0 Å². The molecule has 3 heteroatoms. The second-order valence-corrected chi connectivity index (χ2v) is 6.33. The molecule has 1 aromatic heterocycles. The molecule has 1 rings (SSSR count). The van der Waals surface area contributed by atoms with Crippen molar-refractivity contribution in [1.29, 1.82) is 0 Å². The Kier molecular flexibility index (Phi) is 5.63. The number of thiophene rings is 1. The predicted octanol–water partition coefficient (Wildman–Crippen LogP) is 3.26. The van der Waals surface area contributed by atoms with Crippen molar-refractivity contribution in [1.82, 2.24) is 5.32 Å². The van der Waals surface area contributed by atoms with E-state index in [1.54, 1.807) is 7.11 Å². The molecule has 0 radical (unpaired) electrons. The second kappa shape index (κ2) is 6.53. The molecule has 0 saturated heterocycles. The van der Waals surface area contributed by atoms with Crippen molar-refractivity contribution in [3.05, 3.63) is 21.9 Å². The summed E-state index contributed by atoms with van der Waals surface area (Å²) in [6.45, 7) is 6.49. The van der Waals surface area contributed by atoms with Crippen LogP contribution in [0.15, 0.2) is 12.1 Å². The van der Waals surface area contributed by atoms with Gasteiger partial charge in [0.15, 0.2) is 0 Å². The normalized spacial score (nSPS) is 13.9. The van der Waals surface area contributed by atoms with E-state index in [-0.39, 0.29) is 5.60 Å².